The Bertz CT molecular complexity index is 2950. The average Bonchev–Trinajstić information content (AvgIpc) is 4.02. The van der Waals surface area contributed by atoms with Gasteiger partial charge in [0.2, 0.25) is 0 Å². The standard InChI is InChI=1S/C47H49N11O/c1-27-49-44-36(40-19-31-11-9-30(18-39(31)53-40)25-57(2)24-28-7-5-4-6-8-28)21-33(51-46(44)50-27)22-43-55-45-37(23-42(48)54-47(45)56-43)41-20-32-17-29(10-16-38(32)52-41)26-58(3)34-12-14-35(59)15-13-34/h4-11,16-21,23,34-35,52-53,59H,12-15,22,24-26H2,1-3H3,(H,49,50,51)(H3,48,54,55,56). The van der Waals surface area contributed by atoms with Crippen molar-refractivity contribution in [3.8, 4) is 22.5 Å². The number of H-pyrrole nitrogens is 4. The molecule has 0 spiro atoms. The first kappa shape index (κ1) is 37.0. The highest BCUT2D eigenvalue weighted by atomic mass is 16.3. The number of hydrogen-bond acceptors (Lipinski definition) is 8. The van der Waals surface area contributed by atoms with Gasteiger partial charge in [-0.05, 0) is 106 Å². The van der Waals surface area contributed by atoms with Crippen LogP contribution in [0.4, 0.5) is 5.82 Å². The van der Waals surface area contributed by atoms with E-state index in [1.165, 1.54) is 16.7 Å². The molecule has 1 aliphatic rings. The predicted molar refractivity (Wildman–Crippen MR) is 236 cm³/mol. The summed E-state index contributed by atoms with van der Waals surface area (Å²) in [6.07, 6.45) is 4.13. The summed E-state index contributed by atoms with van der Waals surface area (Å²) in [7, 11) is 4.35. The van der Waals surface area contributed by atoms with Gasteiger partial charge >= 0.3 is 0 Å². The molecule has 0 bridgehead atoms. The average molecular weight is 784 g/mol. The summed E-state index contributed by atoms with van der Waals surface area (Å²) in [6, 6.07) is 32.7. The number of nitrogens with two attached hydrogens (primary N) is 1. The van der Waals surface area contributed by atoms with Crippen molar-refractivity contribution in [3.05, 3.63) is 125 Å². The number of hydrogen-bond donors (Lipinski definition) is 6. The SMILES string of the molecule is Cc1nc2nc(Cc3nc4nc(N)cc(-c5cc6cc(CN(C)C7CCC(O)CC7)ccc6[nH]5)c4[nH]3)cc(-c3cc4ccc(CN(C)Cc5ccccc5)cc4[nH]3)c2[nH]1. The number of imidazole rings is 2. The normalized spacial score (nSPS) is 16.2. The number of benzene rings is 3. The van der Waals surface area contributed by atoms with E-state index in [0.29, 0.717) is 29.6 Å². The number of aliphatic hydroxyl groups is 1. The second kappa shape index (κ2) is 15.1. The van der Waals surface area contributed by atoms with Crippen molar-refractivity contribution in [1.82, 2.24) is 49.7 Å². The third-order valence-corrected chi connectivity index (χ3v) is 11.9. The number of nitrogen functional groups attached to an aromatic ring is 1. The smallest absolute Gasteiger partial charge is 0.180 e. The van der Waals surface area contributed by atoms with Crippen LogP contribution in [-0.4, -0.2) is 81.0 Å². The van der Waals surface area contributed by atoms with Crippen LogP contribution < -0.4 is 5.73 Å². The number of nitrogens with zero attached hydrogens (tertiary/aromatic N) is 6. The zero-order valence-electron chi connectivity index (χ0n) is 33.7. The van der Waals surface area contributed by atoms with Crippen molar-refractivity contribution in [1.29, 1.82) is 0 Å². The Kier molecular flexibility index (Phi) is 9.47. The van der Waals surface area contributed by atoms with Crippen LogP contribution in [0.5, 0.6) is 0 Å². The quantitative estimate of drug-likeness (QED) is 0.0761. The summed E-state index contributed by atoms with van der Waals surface area (Å²) in [4.78, 5) is 38.4. The van der Waals surface area contributed by atoms with Gasteiger partial charge in [-0.15, -0.1) is 0 Å². The second-order valence-corrected chi connectivity index (χ2v) is 16.6. The lowest BCUT2D eigenvalue weighted by molar-refractivity contribution is 0.0818. The monoisotopic (exact) mass is 783 g/mol. The summed E-state index contributed by atoms with van der Waals surface area (Å²) in [5.41, 5.74) is 20.0. The Hall–Kier alpha value is -6.34. The largest absolute Gasteiger partial charge is 0.393 e. The van der Waals surface area contributed by atoms with Gasteiger partial charge in [0.05, 0.1) is 22.8 Å². The van der Waals surface area contributed by atoms with Crippen molar-refractivity contribution >= 4 is 50.0 Å². The molecule has 0 amide bonds. The van der Waals surface area contributed by atoms with Gasteiger partial charge in [0, 0.05) is 76.4 Å². The number of pyridine rings is 2. The molecule has 0 unspecified atom stereocenters. The Labute approximate surface area is 341 Å². The van der Waals surface area contributed by atoms with E-state index in [0.717, 1.165) is 118 Å². The molecule has 59 heavy (non-hydrogen) atoms. The number of aromatic nitrogens is 8. The van der Waals surface area contributed by atoms with Crippen LogP contribution in [0.15, 0.2) is 91.0 Å². The number of aryl methyl sites for hydroxylation is 1. The molecule has 9 aromatic rings. The zero-order chi connectivity index (χ0) is 40.2. The van der Waals surface area contributed by atoms with Crippen LogP contribution in [0.25, 0.3) is 66.6 Å². The number of nitrogens with one attached hydrogen (secondary N) is 4. The minimum Gasteiger partial charge on any atom is -0.393 e. The summed E-state index contributed by atoms with van der Waals surface area (Å²) >= 11 is 0. The van der Waals surface area contributed by atoms with E-state index in [9.17, 15) is 5.11 Å². The topological polar surface area (TPSA) is 167 Å². The lowest BCUT2D eigenvalue weighted by atomic mass is 9.92. The van der Waals surface area contributed by atoms with Gasteiger partial charge in [-0.25, -0.2) is 19.9 Å². The van der Waals surface area contributed by atoms with Gasteiger partial charge in [0.15, 0.2) is 11.3 Å². The molecule has 7 N–H and O–H groups in total. The highest BCUT2D eigenvalue weighted by Gasteiger charge is 2.23. The van der Waals surface area contributed by atoms with E-state index in [-0.39, 0.29) is 6.10 Å². The molecule has 6 aromatic heterocycles. The van der Waals surface area contributed by atoms with Gasteiger partial charge in [-0.1, -0.05) is 48.5 Å². The maximum Gasteiger partial charge on any atom is 0.180 e. The van der Waals surface area contributed by atoms with Gasteiger partial charge in [0.25, 0.3) is 0 Å². The molecule has 1 fully saturated rings. The number of anilines is 1. The minimum atomic E-state index is -0.149. The highest BCUT2D eigenvalue weighted by molar-refractivity contribution is 5.96. The Morgan fingerprint density at radius 3 is 2.17 bits per heavy atom. The van der Waals surface area contributed by atoms with Crippen molar-refractivity contribution < 1.29 is 5.11 Å². The van der Waals surface area contributed by atoms with Crippen molar-refractivity contribution in [2.45, 2.75) is 70.8 Å². The maximum absolute atomic E-state index is 9.97. The third kappa shape index (κ3) is 7.58. The Morgan fingerprint density at radius 1 is 0.644 bits per heavy atom. The molecular weight excluding hydrogens is 735 g/mol. The third-order valence-electron chi connectivity index (χ3n) is 11.9. The molecule has 3 aromatic carbocycles. The fraction of sp³-hybridized carbons (Fsp3) is 0.277. The lowest BCUT2D eigenvalue weighted by Crippen LogP contribution is -2.35. The number of fused-ring (bicyclic) bond motifs is 4. The van der Waals surface area contributed by atoms with Gasteiger partial charge in [-0.3, -0.25) is 9.80 Å². The minimum absolute atomic E-state index is 0.149. The highest BCUT2D eigenvalue weighted by Crippen LogP contribution is 2.34. The van der Waals surface area contributed by atoms with Crippen molar-refractivity contribution in [3.63, 3.8) is 0 Å². The Morgan fingerprint density at radius 2 is 1.34 bits per heavy atom. The fourth-order valence-electron chi connectivity index (χ4n) is 9.00. The van der Waals surface area contributed by atoms with E-state index < -0.39 is 0 Å². The molecule has 298 valence electrons. The lowest BCUT2D eigenvalue weighted by Gasteiger charge is -2.33. The summed E-state index contributed by atoms with van der Waals surface area (Å²) in [5, 5.41) is 12.3. The maximum atomic E-state index is 9.97. The molecular formula is C47H49N11O. The molecule has 0 saturated heterocycles. The Balaban J connectivity index is 0.920. The van der Waals surface area contributed by atoms with Crippen molar-refractivity contribution in [2.24, 2.45) is 0 Å². The zero-order valence-corrected chi connectivity index (χ0v) is 33.7. The van der Waals surface area contributed by atoms with Crippen LogP contribution in [0.3, 0.4) is 0 Å². The number of rotatable bonds is 11. The van der Waals surface area contributed by atoms with Crippen molar-refractivity contribution in [2.75, 3.05) is 19.8 Å². The van der Waals surface area contributed by atoms with Crippen LogP contribution in [0, 0.1) is 6.92 Å². The van der Waals surface area contributed by atoms with Crippen LogP contribution >= 0.6 is 0 Å². The molecule has 0 radical (unpaired) electrons. The van der Waals surface area contributed by atoms with E-state index in [2.05, 4.69) is 134 Å². The molecule has 6 heterocycles. The molecule has 12 nitrogen and oxygen atoms in total. The summed E-state index contributed by atoms with van der Waals surface area (Å²) in [5.74, 6) is 1.95. The van der Waals surface area contributed by atoms with E-state index in [1.807, 2.05) is 13.0 Å². The van der Waals surface area contributed by atoms with Gasteiger partial charge in [0.1, 0.15) is 17.5 Å². The molecule has 10 rings (SSSR count). The predicted octanol–water partition coefficient (Wildman–Crippen LogP) is 8.37. The second-order valence-electron chi connectivity index (χ2n) is 16.6. The first-order valence-electron chi connectivity index (χ1n) is 20.5. The van der Waals surface area contributed by atoms with Crippen LogP contribution in [0.1, 0.15) is 59.7 Å². The van der Waals surface area contributed by atoms with Crippen LogP contribution in [-0.2, 0) is 26.1 Å². The molecule has 0 atom stereocenters. The molecule has 1 saturated carbocycles. The van der Waals surface area contributed by atoms with E-state index >= 15 is 0 Å². The van der Waals surface area contributed by atoms with Crippen LogP contribution in [0.2, 0.25) is 0 Å². The van der Waals surface area contributed by atoms with E-state index in [1.54, 1.807) is 0 Å². The summed E-state index contributed by atoms with van der Waals surface area (Å²) in [6.45, 7) is 4.55. The number of aromatic amines is 4. The number of aliphatic hydroxyl groups excluding tert-OH is 1. The summed E-state index contributed by atoms with van der Waals surface area (Å²) < 4.78 is 0. The fourth-order valence-corrected chi connectivity index (χ4v) is 9.00. The molecule has 1 aliphatic carbocycles. The first-order valence-corrected chi connectivity index (χ1v) is 20.5. The molecule has 0 aliphatic heterocycles. The van der Waals surface area contributed by atoms with Gasteiger partial charge in [-0.2, -0.15) is 0 Å². The molecule has 12 heteroatoms. The van der Waals surface area contributed by atoms with Gasteiger partial charge < -0.3 is 30.8 Å². The van der Waals surface area contributed by atoms with E-state index in [4.69, 9.17) is 20.7 Å². The first-order chi connectivity index (χ1) is 28.7.